The van der Waals surface area contributed by atoms with E-state index in [1.165, 1.54) is 0 Å². The zero-order chi connectivity index (χ0) is 13.1. The Morgan fingerprint density at radius 2 is 2.21 bits per heavy atom. The van der Waals surface area contributed by atoms with Gasteiger partial charge in [0.1, 0.15) is 0 Å². The Labute approximate surface area is 112 Å². The van der Waals surface area contributed by atoms with Crippen LogP contribution in [0.25, 0.3) is 0 Å². The third-order valence-corrected chi connectivity index (χ3v) is 3.45. The molecule has 1 fully saturated rings. The lowest BCUT2D eigenvalue weighted by molar-refractivity contribution is 0.0129. The lowest BCUT2D eigenvalue weighted by Gasteiger charge is -2.15. The lowest BCUT2D eigenvalue weighted by Crippen LogP contribution is -2.21. The van der Waals surface area contributed by atoms with Gasteiger partial charge >= 0.3 is 0 Å². The fourth-order valence-corrected chi connectivity index (χ4v) is 2.34. The van der Waals surface area contributed by atoms with E-state index in [-0.39, 0.29) is 18.9 Å². The molecule has 19 heavy (non-hydrogen) atoms. The largest absolute Gasteiger partial charge is 0.454 e. The Morgan fingerprint density at radius 1 is 1.32 bits per heavy atom. The molecule has 5 nitrogen and oxygen atoms in total. The minimum Gasteiger partial charge on any atom is -0.454 e. The van der Waals surface area contributed by atoms with E-state index in [9.17, 15) is 0 Å². The highest BCUT2D eigenvalue weighted by atomic mass is 16.7. The van der Waals surface area contributed by atoms with Crippen LogP contribution in [0.3, 0.4) is 0 Å². The van der Waals surface area contributed by atoms with Crippen molar-refractivity contribution in [3.63, 3.8) is 0 Å². The molecule has 1 saturated heterocycles. The molecule has 2 heterocycles. The third-order valence-electron chi connectivity index (χ3n) is 3.45. The minimum absolute atomic E-state index is 0.157. The monoisotopic (exact) mass is 265 g/mol. The molecule has 1 aromatic rings. The molecule has 104 valence electrons. The zero-order valence-electron chi connectivity index (χ0n) is 10.8. The Kier molecular flexibility index (Phi) is 3.87. The standard InChI is InChI=1S/C14H19NO4/c15-12(8-16-7-11-2-1-5-17-11)10-3-4-13-14(6-10)19-9-18-13/h3-4,6,11-12H,1-2,5,7-9,15H2. The van der Waals surface area contributed by atoms with E-state index in [1.54, 1.807) is 0 Å². The Balaban J connectivity index is 1.50. The fraction of sp³-hybridized carbons (Fsp3) is 0.571. The molecule has 0 radical (unpaired) electrons. The van der Waals surface area contributed by atoms with Gasteiger partial charge in [-0.3, -0.25) is 0 Å². The van der Waals surface area contributed by atoms with Crippen LogP contribution >= 0.6 is 0 Å². The Bertz CT molecular complexity index is 431. The van der Waals surface area contributed by atoms with E-state index in [4.69, 9.17) is 24.7 Å². The summed E-state index contributed by atoms with van der Waals surface area (Å²) in [5.74, 6) is 1.53. The second-order valence-corrected chi connectivity index (χ2v) is 4.89. The van der Waals surface area contributed by atoms with Gasteiger partial charge in [0.25, 0.3) is 0 Å². The zero-order valence-corrected chi connectivity index (χ0v) is 10.8. The Hall–Kier alpha value is -1.30. The molecule has 0 spiro atoms. The molecule has 2 atom stereocenters. The quantitative estimate of drug-likeness (QED) is 0.876. The highest BCUT2D eigenvalue weighted by molar-refractivity contribution is 5.45. The van der Waals surface area contributed by atoms with E-state index in [0.29, 0.717) is 13.2 Å². The molecule has 2 N–H and O–H groups in total. The second kappa shape index (κ2) is 5.77. The molecular weight excluding hydrogens is 246 g/mol. The van der Waals surface area contributed by atoms with Crippen LogP contribution in [0.4, 0.5) is 0 Å². The van der Waals surface area contributed by atoms with Gasteiger partial charge < -0.3 is 24.7 Å². The van der Waals surface area contributed by atoms with Gasteiger partial charge in [-0.05, 0) is 30.5 Å². The van der Waals surface area contributed by atoms with E-state index in [1.807, 2.05) is 18.2 Å². The summed E-state index contributed by atoms with van der Waals surface area (Å²) in [5.41, 5.74) is 7.11. The number of benzene rings is 1. The topological polar surface area (TPSA) is 62.9 Å². The van der Waals surface area contributed by atoms with Crippen LogP contribution in [0.15, 0.2) is 18.2 Å². The predicted octanol–water partition coefficient (Wildman–Crippen LogP) is 1.61. The summed E-state index contributed by atoms with van der Waals surface area (Å²) < 4.78 is 21.7. The number of hydrogen-bond acceptors (Lipinski definition) is 5. The van der Waals surface area contributed by atoms with E-state index < -0.39 is 0 Å². The molecule has 2 unspecified atom stereocenters. The molecule has 2 aliphatic rings. The highest BCUT2D eigenvalue weighted by Gasteiger charge is 2.18. The first kappa shape index (κ1) is 12.7. The normalized spacial score (nSPS) is 22.7. The van der Waals surface area contributed by atoms with Gasteiger partial charge in [0.2, 0.25) is 6.79 Å². The predicted molar refractivity (Wildman–Crippen MR) is 69.3 cm³/mol. The maximum Gasteiger partial charge on any atom is 0.231 e. The first-order valence-electron chi connectivity index (χ1n) is 6.67. The van der Waals surface area contributed by atoms with Crippen LogP contribution in [-0.2, 0) is 9.47 Å². The van der Waals surface area contributed by atoms with E-state index in [0.717, 1.165) is 36.5 Å². The molecular formula is C14H19NO4. The maximum absolute atomic E-state index is 6.11. The molecule has 3 rings (SSSR count). The molecule has 0 bridgehead atoms. The number of ether oxygens (including phenoxy) is 4. The first-order valence-corrected chi connectivity index (χ1v) is 6.67. The van der Waals surface area contributed by atoms with Crippen molar-refractivity contribution in [3.8, 4) is 11.5 Å². The van der Waals surface area contributed by atoms with Gasteiger partial charge in [-0.2, -0.15) is 0 Å². The van der Waals surface area contributed by atoms with Crippen molar-refractivity contribution >= 4 is 0 Å². The summed E-state index contributed by atoms with van der Waals surface area (Å²) >= 11 is 0. The molecule has 0 aliphatic carbocycles. The second-order valence-electron chi connectivity index (χ2n) is 4.89. The number of hydrogen-bond donors (Lipinski definition) is 1. The van der Waals surface area contributed by atoms with Crippen molar-refractivity contribution in [2.75, 3.05) is 26.6 Å². The SMILES string of the molecule is NC(COCC1CCCO1)c1ccc2c(c1)OCO2. The number of fused-ring (bicyclic) bond motifs is 1. The summed E-state index contributed by atoms with van der Waals surface area (Å²) in [4.78, 5) is 0. The van der Waals surface area contributed by atoms with Gasteiger partial charge in [-0.15, -0.1) is 0 Å². The van der Waals surface area contributed by atoms with Crippen LogP contribution in [0.1, 0.15) is 24.4 Å². The summed E-state index contributed by atoms with van der Waals surface area (Å²) in [5, 5.41) is 0. The molecule has 0 amide bonds. The summed E-state index contributed by atoms with van der Waals surface area (Å²) in [6.07, 6.45) is 2.45. The number of nitrogens with two attached hydrogens (primary N) is 1. The first-order chi connectivity index (χ1) is 9.33. The van der Waals surface area contributed by atoms with Crippen LogP contribution in [-0.4, -0.2) is 32.7 Å². The van der Waals surface area contributed by atoms with Crippen molar-refractivity contribution in [3.05, 3.63) is 23.8 Å². The molecule has 5 heteroatoms. The van der Waals surface area contributed by atoms with Crippen molar-refractivity contribution < 1.29 is 18.9 Å². The summed E-state index contributed by atoms with van der Waals surface area (Å²) in [7, 11) is 0. The molecule has 0 saturated carbocycles. The van der Waals surface area contributed by atoms with Crippen LogP contribution in [0.5, 0.6) is 11.5 Å². The van der Waals surface area contributed by atoms with Gasteiger partial charge in [0, 0.05) is 6.61 Å². The van der Waals surface area contributed by atoms with Crippen molar-refractivity contribution in [1.29, 1.82) is 0 Å². The Morgan fingerprint density at radius 3 is 3.05 bits per heavy atom. The highest BCUT2D eigenvalue weighted by Crippen LogP contribution is 2.33. The van der Waals surface area contributed by atoms with E-state index in [2.05, 4.69) is 0 Å². The molecule has 0 aromatic heterocycles. The van der Waals surface area contributed by atoms with E-state index >= 15 is 0 Å². The summed E-state index contributed by atoms with van der Waals surface area (Å²) in [6.45, 7) is 2.24. The average molecular weight is 265 g/mol. The van der Waals surface area contributed by atoms with Crippen molar-refractivity contribution in [1.82, 2.24) is 0 Å². The smallest absolute Gasteiger partial charge is 0.231 e. The lowest BCUT2D eigenvalue weighted by atomic mass is 10.1. The molecule has 1 aromatic carbocycles. The van der Waals surface area contributed by atoms with Crippen molar-refractivity contribution in [2.24, 2.45) is 5.73 Å². The van der Waals surface area contributed by atoms with Crippen molar-refractivity contribution in [2.45, 2.75) is 25.0 Å². The van der Waals surface area contributed by atoms with Crippen LogP contribution in [0, 0.1) is 0 Å². The average Bonchev–Trinajstić information content (AvgIpc) is 3.08. The maximum atomic E-state index is 6.11. The minimum atomic E-state index is -0.157. The van der Waals surface area contributed by atoms with Gasteiger partial charge in [0.15, 0.2) is 11.5 Å². The summed E-state index contributed by atoms with van der Waals surface area (Å²) in [6, 6.07) is 5.60. The fourth-order valence-electron chi connectivity index (χ4n) is 2.34. The van der Waals surface area contributed by atoms with Crippen LogP contribution in [0.2, 0.25) is 0 Å². The van der Waals surface area contributed by atoms with Gasteiger partial charge in [-0.25, -0.2) is 0 Å². The third kappa shape index (κ3) is 3.00. The number of rotatable bonds is 5. The van der Waals surface area contributed by atoms with Crippen LogP contribution < -0.4 is 15.2 Å². The van der Waals surface area contributed by atoms with Gasteiger partial charge in [0.05, 0.1) is 25.4 Å². The molecule has 2 aliphatic heterocycles. The van der Waals surface area contributed by atoms with Gasteiger partial charge in [-0.1, -0.05) is 6.07 Å².